The highest BCUT2D eigenvalue weighted by atomic mass is 16.4. The summed E-state index contributed by atoms with van der Waals surface area (Å²) in [7, 11) is 0. The van der Waals surface area contributed by atoms with E-state index in [1.807, 2.05) is 0 Å². The van der Waals surface area contributed by atoms with E-state index in [2.05, 4.69) is 5.32 Å². The second-order valence-electron chi connectivity index (χ2n) is 8.11. The van der Waals surface area contributed by atoms with Gasteiger partial charge in [-0.3, -0.25) is 9.59 Å². The van der Waals surface area contributed by atoms with Gasteiger partial charge in [-0.1, -0.05) is 0 Å². The van der Waals surface area contributed by atoms with Gasteiger partial charge in [0, 0.05) is 12.0 Å². The van der Waals surface area contributed by atoms with Crippen LogP contribution in [0.25, 0.3) is 0 Å². The van der Waals surface area contributed by atoms with E-state index in [-0.39, 0.29) is 17.9 Å². The van der Waals surface area contributed by atoms with Crippen molar-refractivity contribution < 1.29 is 14.7 Å². The number of hydrogen-bond donors (Lipinski definition) is 2. The molecular weight excluding hydrogens is 254 g/mol. The van der Waals surface area contributed by atoms with E-state index in [0.29, 0.717) is 0 Å². The predicted molar refractivity (Wildman–Crippen MR) is 75.1 cm³/mol. The van der Waals surface area contributed by atoms with Crippen LogP contribution < -0.4 is 5.32 Å². The molecule has 0 aliphatic heterocycles. The molecule has 112 valence electrons. The average Bonchev–Trinajstić information content (AvgIpc) is 2.24. The molecule has 4 saturated carbocycles. The number of hydrogen-bond acceptors (Lipinski definition) is 2. The number of carboxylic acid groups (broad SMARTS) is 1. The fraction of sp³-hybridized carbons (Fsp3) is 0.875. The number of nitrogens with one attached hydrogen (secondary N) is 1. The Bertz CT molecular complexity index is 406. The summed E-state index contributed by atoms with van der Waals surface area (Å²) in [4.78, 5) is 23.4. The zero-order valence-electron chi connectivity index (χ0n) is 12.4. The first kappa shape index (κ1) is 13.9. The van der Waals surface area contributed by atoms with Crippen molar-refractivity contribution in [1.29, 1.82) is 0 Å². The lowest BCUT2D eigenvalue weighted by atomic mass is 9.53. The molecule has 0 unspecified atom stereocenters. The second-order valence-corrected chi connectivity index (χ2v) is 8.11. The van der Waals surface area contributed by atoms with Gasteiger partial charge in [-0.25, -0.2) is 0 Å². The summed E-state index contributed by atoms with van der Waals surface area (Å²) >= 11 is 0. The molecule has 20 heavy (non-hydrogen) atoms. The summed E-state index contributed by atoms with van der Waals surface area (Å²) in [5.41, 5.74) is -0.993. The third kappa shape index (κ3) is 2.45. The van der Waals surface area contributed by atoms with Crippen LogP contribution >= 0.6 is 0 Å². The maximum atomic E-state index is 12.3. The lowest BCUT2D eigenvalue weighted by molar-refractivity contribution is -0.150. The zero-order chi connectivity index (χ0) is 14.5. The molecule has 4 rings (SSSR count). The standard InChI is InChI=1S/C16H25NO3/c1-15(2,14(19)20)9-13(18)17-16-6-10-3-11(7-16)5-12(4-10)8-16/h10-12H,3-9H2,1-2H3,(H,17,18)(H,19,20). The Morgan fingerprint density at radius 1 is 1.10 bits per heavy atom. The third-order valence-corrected chi connectivity index (χ3v) is 5.62. The Kier molecular flexibility index (Phi) is 3.11. The first-order valence-electron chi connectivity index (χ1n) is 7.82. The summed E-state index contributed by atoms with van der Waals surface area (Å²) in [5, 5.41) is 12.4. The number of aliphatic carboxylic acids is 1. The molecule has 1 amide bonds. The molecule has 0 aromatic rings. The summed E-state index contributed by atoms with van der Waals surface area (Å²) in [6.07, 6.45) is 7.43. The van der Waals surface area contributed by atoms with Crippen LogP contribution in [0.1, 0.15) is 58.8 Å². The summed E-state index contributed by atoms with van der Waals surface area (Å²) in [6, 6.07) is 0. The number of rotatable bonds is 4. The Hall–Kier alpha value is -1.06. The van der Waals surface area contributed by atoms with E-state index in [4.69, 9.17) is 5.11 Å². The molecule has 2 N–H and O–H groups in total. The highest BCUT2D eigenvalue weighted by Crippen LogP contribution is 2.55. The van der Waals surface area contributed by atoms with Crippen LogP contribution in [0.3, 0.4) is 0 Å². The Balaban J connectivity index is 1.66. The van der Waals surface area contributed by atoms with Crippen molar-refractivity contribution in [1.82, 2.24) is 5.32 Å². The third-order valence-electron chi connectivity index (χ3n) is 5.62. The molecule has 0 spiro atoms. The van der Waals surface area contributed by atoms with Gasteiger partial charge in [0.05, 0.1) is 5.41 Å². The molecule has 4 aliphatic carbocycles. The minimum Gasteiger partial charge on any atom is -0.481 e. The number of carboxylic acids is 1. The van der Waals surface area contributed by atoms with Crippen molar-refractivity contribution in [2.24, 2.45) is 23.2 Å². The van der Waals surface area contributed by atoms with E-state index >= 15 is 0 Å². The topological polar surface area (TPSA) is 66.4 Å². The number of carbonyl (C=O) groups is 2. The normalized spacial score (nSPS) is 38.8. The Labute approximate surface area is 120 Å². The zero-order valence-corrected chi connectivity index (χ0v) is 12.4. The summed E-state index contributed by atoms with van der Waals surface area (Å²) < 4.78 is 0. The van der Waals surface area contributed by atoms with E-state index in [1.54, 1.807) is 13.8 Å². The van der Waals surface area contributed by atoms with Crippen molar-refractivity contribution in [3.05, 3.63) is 0 Å². The van der Waals surface area contributed by atoms with E-state index in [0.717, 1.165) is 37.0 Å². The van der Waals surface area contributed by atoms with Crippen molar-refractivity contribution in [3.8, 4) is 0 Å². The smallest absolute Gasteiger partial charge is 0.309 e. The van der Waals surface area contributed by atoms with Crippen LogP contribution in [0.2, 0.25) is 0 Å². The van der Waals surface area contributed by atoms with Crippen LogP contribution in [0.5, 0.6) is 0 Å². The Morgan fingerprint density at radius 3 is 1.95 bits per heavy atom. The molecule has 0 aromatic carbocycles. The number of carbonyl (C=O) groups excluding carboxylic acids is 1. The van der Waals surface area contributed by atoms with Gasteiger partial charge in [0.15, 0.2) is 0 Å². The Morgan fingerprint density at radius 2 is 1.55 bits per heavy atom. The van der Waals surface area contributed by atoms with E-state index in [1.165, 1.54) is 19.3 Å². The monoisotopic (exact) mass is 279 g/mol. The first-order chi connectivity index (χ1) is 9.28. The first-order valence-corrected chi connectivity index (χ1v) is 7.82. The molecule has 4 nitrogen and oxygen atoms in total. The van der Waals surface area contributed by atoms with Gasteiger partial charge in [0.25, 0.3) is 0 Å². The van der Waals surface area contributed by atoms with Crippen LogP contribution in [0, 0.1) is 23.2 Å². The van der Waals surface area contributed by atoms with Crippen LogP contribution in [0.4, 0.5) is 0 Å². The summed E-state index contributed by atoms with van der Waals surface area (Å²) in [6.45, 7) is 3.24. The minimum absolute atomic E-state index is 0.0135. The van der Waals surface area contributed by atoms with Gasteiger partial charge in [-0.15, -0.1) is 0 Å². The molecule has 0 saturated heterocycles. The second kappa shape index (κ2) is 4.47. The predicted octanol–water partition coefficient (Wildman–Crippen LogP) is 2.57. The molecule has 0 heterocycles. The maximum absolute atomic E-state index is 12.3. The highest BCUT2D eigenvalue weighted by molar-refractivity contribution is 5.84. The molecule has 4 heteroatoms. The van der Waals surface area contributed by atoms with Gasteiger partial charge in [0.1, 0.15) is 0 Å². The lowest BCUT2D eigenvalue weighted by Gasteiger charge is -2.57. The van der Waals surface area contributed by atoms with Crippen LogP contribution in [-0.2, 0) is 9.59 Å². The van der Waals surface area contributed by atoms with Crippen LogP contribution in [-0.4, -0.2) is 22.5 Å². The van der Waals surface area contributed by atoms with Crippen LogP contribution in [0.15, 0.2) is 0 Å². The quantitative estimate of drug-likeness (QED) is 0.831. The molecule has 0 radical (unpaired) electrons. The largest absolute Gasteiger partial charge is 0.481 e. The lowest BCUT2D eigenvalue weighted by Crippen LogP contribution is -2.60. The molecule has 4 bridgehead atoms. The van der Waals surface area contributed by atoms with Gasteiger partial charge in [0.2, 0.25) is 5.91 Å². The van der Waals surface area contributed by atoms with Gasteiger partial charge < -0.3 is 10.4 Å². The van der Waals surface area contributed by atoms with Crippen molar-refractivity contribution in [3.63, 3.8) is 0 Å². The van der Waals surface area contributed by atoms with Gasteiger partial charge in [-0.2, -0.15) is 0 Å². The van der Waals surface area contributed by atoms with Crippen molar-refractivity contribution in [2.75, 3.05) is 0 Å². The maximum Gasteiger partial charge on any atom is 0.309 e. The number of amides is 1. The molecule has 0 aromatic heterocycles. The van der Waals surface area contributed by atoms with Gasteiger partial charge in [-0.05, 0) is 70.1 Å². The average molecular weight is 279 g/mol. The highest BCUT2D eigenvalue weighted by Gasteiger charge is 2.51. The van der Waals surface area contributed by atoms with Gasteiger partial charge >= 0.3 is 5.97 Å². The molecular formula is C16H25NO3. The van der Waals surface area contributed by atoms with E-state index in [9.17, 15) is 9.59 Å². The minimum atomic E-state index is -0.980. The van der Waals surface area contributed by atoms with Crippen molar-refractivity contribution in [2.45, 2.75) is 64.3 Å². The van der Waals surface area contributed by atoms with E-state index < -0.39 is 11.4 Å². The fourth-order valence-corrected chi connectivity index (χ4v) is 5.08. The molecule has 4 aliphatic rings. The molecule has 0 atom stereocenters. The fourth-order valence-electron chi connectivity index (χ4n) is 5.08. The molecule has 4 fully saturated rings. The SMILES string of the molecule is CC(C)(CC(=O)NC12CC3CC(CC(C3)C1)C2)C(=O)O. The summed E-state index contributed by atoms with van der Waals surface area (Å²) in [5.74, 6) is 1.37. The van der Waals surface area contributed by atoms with Crippen molar-refractivity contribution >= 4 is 11.9 Å².